The van der Waals surface area contributed by atoms with Crippen LogP contribution in [0.25, 0.3) is 11.3 Å². The van der Waals surface area contributed by atoms with E-state index in [2.05, 4.69) is 5.16 Å². The third-order valence-corrected chi connectivity index (χ3v) is 6.02. The maximum absolute atomic E-state index is 13.0. The molecule has 1 atom stereocenters. The van der Waals surface area contributed by atoms with Crippen LogP contribution in [0.3, 0.4) is 0 Å². The van der Waals surface area contributed by atoms with Gasteiger partial charge in [-0.1, -0.05) is 29.4 Å². The molecule has 29 heavy (non-hydrogen) atoms. The highest BCUT2D eigenvalue weighted by Crippen LogP contribution is 2.39. The zero-order chi connectivity index (χ0) is 20.4. The number of piperidine rings is 1. The number of aryl methyl sites for hydroxylation is 1. The second kappa shape index (κ2) is 8.01. The van der Waals surface area contributed by atoms with Crippen LogP contribution in [0.5, 0.6) is 0 Å². The number of likely N-dealkylation sites (tertiary alicyclic amines) is 1. The Labute approximate surface area is 171 Å². The quantitative estimate of drug-likeness (QED) is 0.695. The Kier molecular flexibility index (Phi) is 5.43. The van der Waals surface area contributed by atoms with Gasteiger partial charge in [0.05, 0.1) is 12.0 Å². The van der Waals surface area contributed by atoms with E-state index in [-0.39, 0.29) is 17.8 Å². The van der Waals surface area contributed by atoms with Crippen molar-refractivity contribution in [3.63, 3.8) is 0 Å². The average Bonchev–Trinajstić information content (AvgIpc) is 3.48. The average molecular weight is 396 g/mol. The molecular weight excluding hydrogens is 368 g/mol. The lowest BCUT2D eigenvalue weighted by Crippen LogP contribution is -2.52. The van der Waals surface area contributed by atoms with Crippen LogP contribution in [0.1, 0.15) is 43.9 Å². The van der Waals surface area contributed by atoms with Gasteiger partial charge < -0.3 is 14.2 Å². The Morgan fingerprint density at radius 3 is 2.83 bits per heavy atom. The molecule has 0 bridgehead atoms. The van der Waals surface area contributed by atoms with Crippen molar-refractivity contribution in [3.8, 4) is 11.3 Å². The molecule has 154 valence electrons. The van der Waals surface area contributed by atoms with Crippen LogP contribution in [-0.4, -0.2) is 41.6 Å². The molecule has 1 aliphatic carbocycles. The molecule has 1 aromatic carbocycles. The standard InChI is InChI=1S/C23H28N2O4/c1-3-28-22(27)23(11-6-12-25(15-23)21(26)17-9-10-17)14-18-13-20(24-29-18)19-8-5-4-7-16(19)2/h4-5,7-8,13,17H,3,6,9-12,14-15H2,1-2H3/t23-/m1/s1. The van der Waals surface area contributed by atoms with E-state index < -0.39 is 5.41 Å². The van der Waals surface area contributed by atoms with Crippen molar-refractivity contribution in [2.45, 2.75) is 46.0 Å². The van der Waals surface area contributed by atoms with Crippen molar-refractivity contribution in [3.05, 3.63) is 41.7 Å². The van der Waals surface area contributed by atoms with Crippen molar-refractivity contribution in [1.82, 2.24) is 10.1 Å². The number of nitrogens with zero attached hydrogens (tertiary/aromatic N) is 2. The van der Waals surface area contributed by atoms with Crippen molar-refractivity contribution < 1.29 is 18.8 Å². The highest BCUT2D eigenvalue weighted by atomic mass is 16.5. The van der Waals surface area contributed by atoms with Gasteiger partial charge in [0.15, 0.2) is 0 Å². The minimum Gasteiger partial charge on any atom is -0.466 e. The van der Waals surface area contributed by atoms with E-state index in [1.54, 1.807) is 0 Å². The molecule has 1 saturated heterocycles. The van der Waals surface area contributed by atoms with Crippen molar-refractivity contribution in [2.75, 3.05) is 19.7 Å². The van der Waals surface area contributed by atoms with Crippen LogP contribution in [0, 0.1) is 18.3 Å². The second-order valence-electron chi connectivity index (χ2n) is 8.31. The zero-order valence-corrected chi connectivity index (χ0v) is 17.1. The van der Waals surface area contributed by atoms with Crippen LogP contribution < -0.4 is 0 Å². The summed E-state index contributed by atoms with van der Waals surface area (Å²) in [4.78, 5) is 27.5. The number of rotatable bonds is 6. The molecule has 2 aliphatic rings. The van der Waals surface area contributed by atoms with Crippen LogP contribution in [-0.2, 0) is 20.7 Å². The summed E-state index contributed by atoms with van der Waals surface area (Å²) in [6.07, 6.45) is 3.78. The summed E-state index contributed by atoms with van der Waals surface area (Å²) in [5, 5.41) is 4.23. The van der Waals surface area contributed by atoms with Crippen molar-refractivity contribution >= 4 is 11.9 Å². The molecule has 2 heterocycles. The minimum atomic E-state index is -0.776. The molecule has 0 unspecified atom stereocenters. The number of hydrogen-bond acceptors (Lipinski definition) is 5. The third-order valence-electron chi connectivity index (χ3n) is 6.02. The molecule has 4 rings (SSSR count). The number of carbonyl (C=O) groups excluding carboxylic acids is 2. The summed E-state index contributed by atoms with van der Waals surface area (Å²) in [5.41, 5.74) is 2.12. The molecule has 2 aromatic rings. The molecule has 6 heteroatoms. The smallest absolute Gasteiger partial charge is 0.314 e. The first kappa shape index (κ1) is 19.7. The van der Waals surface area contributed by atoms with Crippen molar-refractivity contribution in [2.24, 2.45) is 11.3 Å². The van der Waals surface area contributed by atoms with Gasteiger partial charge in [0.1, 0.15) is 11.5 Å². The van der Waals surface area contributed by atoms with Crippen LogP contribution >= 0.6 is 0 Å². The molecule has 6 nitrogen and oxygen atoms in total. The Morgan fingerprint density at radius 1 is 1.31 bits per heavy atom. The Balaban J connectivity index is 1.58. The van der Waals surface area contributed by atoms with Gasteiger partial charge in [-0.15, -0.1) is 0 Å². The Bertz CT molecular complexity index is 902. The Morgan fingerprint density at radius 2 is 2.10 bits per heavy atom. The molecule has 0 N–H and O–H groups in total. The molecule has 1 aliphatic heterocycles. The van der Waals surface area contributed by atoms with Crippen LogP contribution in [0.4, 0.5) is 0 Å². The van der Waals surface area contributed by atoms with E-state index in [0.717, 1.165) is 36.1 Å². The van der Waals surface area contributed by atoms with E-state index in [4.69, 9.17) is 9.26 Å². The predicted octanol–water partition coefficient (Wildman–Crippen LogP) is 3.77. The lowest BCUT2D eigenvalue weighted by molar-refractivity contribution is -0.161. The number of carbonyl (C=O) groups is 2. The molecular formula is C23H28N2O4. The fraction of sp³-hybridized carbons (Fsp3) is 0.522. The monoisotopic (exact) mass is 396 g/mol. The molecule has 1 aromatic heterocycles. The first-order chi connectivity index (χ1) is 14.0. The SMILES string of the molecule is CCOC(=O)[C@@]1(Cc2cc(-c3ccccc3C)no2)CCCN(C(=O)C2CC2)C1. The number of benzene rings is 1. The first-order valence-electron chi connectivity index (χ1n) is 10.5. The zero-order valence-electron chi connectivity index (χ0n) is 17.1. The van der Waals surface area contributed by atoms with Gasteiger partial charge in [0, 0.05) is 37.1 Å². The predicted molar refractivity (Wildman–Crippen MR) is 108 cm³/mol. The summed E-state index contributed by atoms with van der Waals surface area (Å²) < 4.78 is 11.1. The fourth-order valence-electron chi connectivity index (χ4n) is 4.29. The molecule has 2 fully saturated rings. The van der Waals surface area contributed by atoms with E-state index in [0.29, 0.717) is 38.3 Å². The molecule has 1 saturated carbocycles. The summed E-state index contributed by atoms with van der Waals surface area (Å²) in [7, 11) is 0. The number of ether oxygens (including phenoxy) is 1. The van der Waals surface area contributed by atoms with Crippen LogP contribution in [0.15, 0.2) is 34.9 Å². The van der Waals surface area contributed by atoms with E-state index in [1.165, 1.54) is 0 Å². The van der Waals surface area contributed by atoms with Gasteiger partial charge in [-0.25, -0.2) is 0 Å². The van der Waals surface area contributed by atoms with E-state index in [9.17, 15) is 9.59 Å². The number of hydrogen-bond donors (Lipinski definition) is 0. The summed E-state index contributed by atoms with van der Waals surface area (Å²) in [6, 6.07) is 9.91. The van der Waals surface area contributed by atoms with Crippen LogP contribution in [0.2, 0.25) is 0 Å². The minimum absolute atomic E-state index is 0.144. The fourth-order valence-corrected chi connectivity index (χ4v) is 4.29. The van der Waals surface area contributed by atoms with Gasteiger partial charge in [-0.3, -0.25) is 9.59 Å². The molecule has 0 spiro atoms. The normalized spacial score (nSPS) is 21.8. The van der Waals surface area contributed by atoms with Gasteiger partial charge in [0.25, 0.3) is 0 Å². The maximum Gasteiger partial charge on any atom is 0.314 e. The van der Waals surface area contributed by atoms with Crippen molar-refractivity contribution in [1.29, 1.82) is 0 Å². The number of amides is 1. The lowest BCUT2D eigenvalue weighted by Gasteiger charge is -2.40. The summed E-state index contributed by atoms with van der Waals surface area (Å²) in [6.45, 7) is 5.27. The largest absolute Gasteiger partial charge is 0.466 e. The van der Waals surface area contributed by atoms with E-state index >= 15 is 0 Å². The molecule has 1 amide bonds. The lowest BCUT2D eigenvalue weighted by atomic mass is 9.76. The topological polar surface area (TPSA) is 72.6 Å². The number of aromatic nitrogens is 1. The van der Waals surface area contributed by atoms with Gasteiger partial charge in [0.2, 0.25) is 5.91 Å². The van der Waals surface area contributed by atoms with Gasteiger partial charge in [-0.05, 0) is 45.1 Å². The van der Waals surface area contributed by atoms with Gasteiger partial charge >= 0.3 is 5.97 Å². The summed E-state index contributed by atoms with van der Waals surface area (Å²) >= 11 is 0. The highest BCUT2D eigenvalue weighted by molar-refractivity contribution is 5.83. The number of esters is 1. The second-order valence-corrected chi connectivity index (χ2v) is 8.31. The third kappa shape index (κ3) is 4.07. The summed E-state index contributed by atoms with van der Waals surface area (Å²) in [5.74, 6) is 0.724. The highest BCUT2D eigenvalue weighted by Gasteiger charge is 2.47. The Hall–Kier alpha value is -2.63. The van der Waals surface area contributed by atoms with Gasteiger partial charge in [-0.2, -0.15) is 0 Å². The van der Waals surface area contributed by atoms with E-state index in [1.807, 2.05) is 49.1 Å². The molecule has 0 radical (unpaired) electrons. The first-order valence-corrected chi connectivity index (χ1v) is 10.5. The maximum atomic E-state index is 13.0.